The zero-order chi connectivity index (χ0) is 24.0. The monoisotopic (exact) mass is 489 g/mol. The minimum Gasteiger partial charge on any atom is -0.364 e. The maximum absolute atomic E-state index is 14.5. The number of rotatable bonds is 5. The number of anilines is 1. The van der Waals surface area contributed by atoms with Crippen LogP contribution in [0.5, 0.6) is 0 Å². The third-order valence-electron chi connectivity index (χ3n) is 6.61. The number of hydrogen-bond acceptors (Lipinski definition) is 5. The van der Waals surface area contributed by atoms with Crippen molar-refractivity contribution in [1.29, 1.82) is 0 Å². The molecule has 0 saturated carbocycles. The van der Waals surface area contributed by atoms with Crippen molar-refractivity contribution in [3.05, 3.63) is 65.5 Å². The summed E-state index contributed by atoms with van der Waals surface area (Å²) in [5, 5.41) is 7.17. The van der Waals surface area contributed by atoms with Crippen LogP contribution in [0.1, 0.15) is 41.2 Å². The molecular formula is C23H25F2N5O3S. The van der Waals surface area contributed by atoms with E-state index in [9.17, 15) is 22.0 Å². The van der Waals surface area contributed by atoms with Gasteiger partial charge in [0.1, 0.15) is 11.6 Å². The minimum atomic E-state index is -3.30. The van der Waals surface area contributed by atoms with Crippen molar-refractivity contribution in [2.75, 3.05) is 30.8 Å². The summed E-state index contributed by atoms with van der Waals surface area (Å²) >= 11 is 0. The predicted molar refractivity (Wildman–Crippen MR) is 123 cm³/mol. The van der Waals surface area contributed by atoms with E-state index in [2.05, 4.69) is 10.4 Å². The van der Waals surface area contributed by atoms with Crippen LogP contribution < -0.4 is 10.2 Å². The van der Waals surface area contributed by atoms with E-state index >= 15 is 0 Å². The summed E-state index contributed by atoms with van der Waals surface area (Å²) in [7, 11) is -3.30. The van der Waals surface area contributed by atoms with Crippen LogP contribution in [0.2, 0.25) is 0 Å². The Morgan fingerprint density at radius 2 is 1.97 bits per heavy atom. The van der Waals surface area contributed by atoms with Crippen LogP contribution >= 0.6 is 0 Å². The van der Waals surface area contributed by atoms with Gasteiger partial charge in [-0.3, -0.25) is 4.79 Å². The Morgan fingerprint density at radius 1 is 1.15 bits per heavy atom. The van der Waals surface area contributed by atoms with Crippen LogP contribution in [0, 0.1) is 11.6 Å². The maximum atomic E-state index is 14.5. The van der Waals surface area contributed by atoms with Crippen LogP contribution in [0.3, 0.4) is 0 Å². The van der Waals surface area contributed by atoms with E-state index in [-0.39, 0.29) is 24.5 Å². The van der Waals surface area contributed by atoms with Gasteiger partial charge in [-0.05, 0) is 49.6 Å². The molecule has 3 aromatic rings. The van der Waals surface area contributed by atoms with E-state index < -0.39 is 21.7 Å². The minimum absolute atomic E-state index is 0.240. The number of carbonyl (C=O) groups excluding carboxylic acids is 1. The summed E-state index contributed by atoms with van der Waals surface area (Å²) in [4.78, 5) is 15.0. The number of pyridine rings is 1. The molecule has 0 bridgehead atoms. The summed E-state index contributed by atoms with van der Waals surface area (Å²) < 4.78 is 54.7. The van der Waals surface area contributed by atoms with Gasteiger partial charge in [0.2, 0.25) is 10.0 Å². The Balaban J connectivity index is 1.40. The number of aromatic nitrogens is 2. The highest BCUT2D eigenvalue weighted by atomic mass is 32.2. The first-order valence-electron chi connectivity index (χ1n) is 11.2. The highest BCUT2D eigenvalue weighted by molar-refractivity contribution is 7.88. The van der Waals surface area contributed by atoms with E-state index in [0.717, 1.165) is 30.5 Å². The average molecular weight is 490 g/mol. The van der Waals surface area contributed by atoms with Crippen LogP contribution in [0.4, 0.5) is 14.5 Å². The largest absolute Gasteiger partial charge is 0.364 e. The zero-order valence-corrected chi connectivity index (χ0v) is 19.4. The van der Waals surface area contributed by atoms with Gasteiger partial charge in [-0.15, -0.1) is 0 Å². The lowest BCUT2D eigenvalue weighted by Gasteiger charge is -2.27. The molecule has 0 aliphatic carbocycles. The van der Waals surface area contributed by atoms with Gasteiger partial charge in [0.15, 0.2) is 0 Å². The van der Waals surface area contributed by atoms with Gasteiger partial charge in [0.05, 0.1) is 29.6 Å². The molecule has 1 amide bonds. The van der Waals surface area contributed by atoms with Gasteiger partial charge in [0.25, 0.3) is 5.91 Å². The van der Waals surface area contributed by atoms with Crippen molar-refractivity contribution in [2.24, 2.45) is 0 Å². The molecule has 0 radical (unpaired) electrons. The lowest BCUT2D eigenvalue weighted by Crippen LogP contribution is -2.38. The molecule has 180 valence electrons. The molecular weight excluding hydrogens is 464 g/mol. The number of carbonyl (C=O) groups is 1. The lowest BCUT2D eigenvalue weighted by molar-refractivity contribution is 0.0940. The van der Waals surface area contributed by atoms with Gasteiger partial charge in [-0.1, -0.05) is 0 Å². The topological polar surface area (TPSA) is 87.0 Å². The molecule has 2 aliphatic heterocycles. The van der Waals surface area contributed by atoms with Crippen molar-refractivity contribution in [2.45, 2.75) is 31.3 Å². The standard InChI is InChI=1S/C23H25F2N5O3S/c1-34(32,33)28-9-6-16(14-28)27-23(31)19-13-26-30-10-7-17(12-22(19)30)29-8-2-3-21(29)18-11-15(24)4-5-20(18)25/h4-5,7,10-13,16,21H,2-3,6,8-9,14H2,1H3,(H,27,31). The SMILES string of the molecule is CS(=O)(=O)N1CCC(NC(=O)c2cnn3ccc(N4CCCC4c4cc(F)ccc4F)cc23)C1. The molecule has 4 heterocycles. The summed E-state index contributed by atoms with van der Waals surface area (Å²) in [5.74, 6) is -1.25. The normalized spacial score (nSPS) is 21.4. The molecule has 2 fully saturated rings. The molecule has 8 nitrogen and oxygen atoms in total. The summed E-state index contributed by atoms with van der Waals surface area (Å²) in [6.07, 6.45) is 6.43. The number of amides is 1. The van der Waals surface area contributed by atoms with Crippen LogP contribution in [0.25, 0.3) is 5.52 Å². The lowest BCUT2D eigenvalue weighted by atomic mass is 10.0. The van der Waals surface area contributed by atoms with Crippen molar-refractivity contribution in [1.82, 2.24) is 19.2 Å². The second-order valence-electron chi connectivity index (χ2n) is 8.87. The van der Waals surface area contributed by atoms with Gasteiger partial charge < -0.3 is 10.2 Å². The fourth-order valence-corrected chi connectivity index (χ4v) is 5.79. The number of fused-ring (bicyclic) bond motifs is 1. The Hall–Kier alpha value is -3.05. The number of nitrogens with zero attached hydrogens (tertiary/aromatic N) is 4. The predicted octanol–water partition coefficient (Wildman–Crippen LogP) is 2.72. The van der Waals surface area contributed by atoms with Crippen LogP contribution in [-0.4, -0.2) is 60.2 Å². The molecule has 34 heavy (non-hydrogen) atoms. The number of halogens is 2. The number of benzene rings is 1. The summed E-state index contributed by atoms with van der Waals surface area (Å²) in [5.41, 5.74) is 2.06. The van der Waals surface area contributed by atoms with E-state index in [0.29, 0.717) is 42.6 Å². The summed E-state index contributed by atoms with van der Waals surface area (Å²) in [6, 6.07) is 6.60. The third-order valence-corrected chi connectivity index (χ3v) is 7.88. The van der Waals surface area contributed by atoms with E-state index in [1.165, 1.54) is 16.6 Å². The van der Waals surface area contributed by atoms with E-state index in [1.54, 1.807) is 10.7 Å². The smallest absolute Gasteiger partial charge is 0.255 e. The maximum Gasteiger partial charge on any atom is 0.255 e. The van der Waals surface area contributed by atoms with Crippen molar-refractivity contribution in [3.63, 3.8) is 0 Å². The quantitative estimate of drug-likeness (QED) is 0.596. The first-order valence-corrected chi connectivity index (χ1v) is 13.0. The van der Waals surface area contributed by atoms with Gasteiger partial charge in [-0.2, -0.15) is 5.10 Å². The Morgan fingerprint density at radius 3 is 2.74 bits per heavy atom. The second kappa shape index (κ2) is 8.62. The Bertz CT molecular complexity index is 1360. The number of hydrogen-bond donors (Lipinski definition) is 1. The molecule has 1 N–H and O–H groups in total. The molecule has 2 saturated heterocycles. The fraction of sp³-hybridized carbons (Fsp3) is 0.391. The summed E-state index contributed by atoms with van der Waals surface area (Å²) in [6.45, 7) is 1.29. The van der Waals surface area contributed by atoms with Crippen LogP contribution in [-0.2, 0) is 10.0 Å². The van der Waals surface area contributed by atoms with E-state index in [1.807, 2.05) is 17.0 Å². The molecule has 2 atom stereocenters. The third kappa shape index (κ3) is 4.25. The molecule has 11 heteroatoms. The van der Waals surface area contributed by atoms with Gasteiger partial charge in [0, 0.05) is 43.1 Å². The molecule has 2 aromatic heterocycles. The van der Waals surface area contributed by atoms with Crippen molar-refractivity contribution >= 4 is 27.1 Å². The molecule has 2 unspecified atom stereocenters. The first-order chi connectivity index (χ1) is 16.2. The van der Waals surface area contributed by atoms with Crippen molar-refractivity contribution < 1.29 is 22.0 Å². The molecule has 2 aliphatic rings. The number of sulfonamides is 1. The van der Waals surface area contributed by atoms with Crippen LogP contribution in [0.15, 0.2) is 42.7 Å². The average Bonchev–Trinajstić information content (AvgIpc) is 3.53. The molecule has 5 rings (SSSR count). The second-order valence-corrected chi connectivity index (χ2v) is 10.9. The van der Waals surface area contributed by atoms with Gasteiger partial charge in [-0.25, -0.2) is 26.0 Å². The van der Waals surface area contributed by atoms with Crippen molar-refractivity contribution in [3.8, 4) is 0 Å². The Kier molecular flexibility index (Phi) is 5.76. The zero-order valence-electron chi connectivity index (χ0n) is 18.6. The van der Waals surface area contributed by atoms with Gasteiger partial charge >= 0.3 is 0 Å². The highest BCUT2D eigenvalue weighted by Gasteiger charge is 2.31. The van der Waals surface area contributed by atoms with E-state index in [4.69, 9.17) is 0 Å². The first kappa shape index (κ1) is 22.7. The molecule has 1 aromatic carbocycles. The molecule has 0 spiro atoms. The highest BCUT2D eigenvalue weighted by Crippen LogP contribution is 2.38. The fourth-order valence-electron chi connectivity index (χ4n) is 4.90. The number of nitrogens with one attached hydrogen (secondary N) is 1. The Labute approximate surface area is 196 Å².